The van der Waals surface area contributed by atoms with Gasteiger partial charge in [-0.15, -0.1) is 0 Å². The predicted octanol–water partition coefficient (Wildman–Crippen LogP) is 1.46. The van der Waals surface area contributed by atoms with Gasteiger partial charge < -0.3 is 0 Å². The Hall–Kier alpha value is -1.48. The van der Waals surface area contributed by atoms with Crippen LogP contribution in [-0.4, -0.2) is 5.17 Å². The van der Waals surface area contributed by atoms with Crippen LogP contribution in [0.4, 0.5) is 0 Å². The summed E-state index contributed by atoms with van der Waals surface area (Å²) in [4.78, 5) is 0. The van der Waals surface area contributed by atoms with Crippen LogP contribution in [0.2, 0.25) is 0 Å². The van der Waals surface area contributed by atoms with Crippen LogP contribution in [0.3, 0.4) is 0 Å². The normalized spacial score (nSPS) is 10.6. The second-order valence-corrected chi connectivity index (χ2v) is 4.83. The van der Waals surface area contributed by atoms with Crippen molar-refractivity contribution in [3.63, 3.8) is 0 Å². The summed E-state index contributed by atoms with van der Waals surface area (Å²) >= 11 is 1.48. The second-order valence-electron chi connectivity index (χ2n) is 3.78. The van der Waals surface area contributed by atoms with E-state index in [9.17, 15) is 0 Å². The third-order valence-corrected chi connectivity index (χ3v) is 3.42. The Morgan fingerprint density at radius 3 is 2.56 bits per heavy atom. The van der Waals surface area contributed by atoms with Crippen molar-refractivity contribution >= 4 is 27.7 Å². The third-order valence-electron chi connectivity index (χ3n) is 2.63. The highest BCUT2D eigenvalue weighted by Gasteiger charge is 2.05. The Morgan fingerprint density at radius 2 is 1.88 bits per heavy atom. The van der Waals surface area contributed by atoms with Crippen molar-refractivity contribution in [3.8, 4) is 0 Å². The molecule has 16 heavy (non-hydrogen) atoms. The summed E-state index contributed by atoms with van der Waals surface area (Å²) in [5, 5.41) is 8.48. The van der Waals surface area contributed by atoms with Crippen LogP contribution in [-0.2, 0) is 5.75 Å². The molecule has 2 aromatic carbocycles. The largest absolute Gasteiger partial charge is 0.300 e. The topological polar surface area (TPSA) is 51.6 Å². The van der Waals surface area contributed by atoms with Gasteiger partial charge in [0.25, 0.3) is 5.17 Å². The van der Waals surface area contributed by atoms with Crippen LogP contribution >= 0.6 is 11.8 Å². The molecular formula is C13H15N2S+. The zero-order valence-electron chi connectivity index (χ0n) is 9.23. The number of fused-ring (bicyclic) bond motifs is 1. The molecule has 0 radical (unpaired) electrons. The minimum Gasteiger partial charge on any atom is -0.282 e. The first-order chi connectivity index (χ1) is 7.68. The van der Waals surface area contributed by atoms with E-state index in [0.717, 1.165) is 5.75 Å². The standard InChI is InChI=1S/C13H14N2S/c1-9-6-7-10(8-16-13(14)15)12-5-3-2-4-11(9)12/h2-7H,8H2,1H3,(H3,14,15)/p+1. The van der Waals surface area contributed by atoms with E-state index in [1.54, 1.807) is 0 Å². The molecule has 0 saturated heterocycles. The van der Waals surface area contributed by atoms with Crippen LogP contribution in [0, 0.1) is 6.92 Å². The fourth-order valence-electron chi connectivity index (χ4n) is 1.80. The molecule has 0 heterocycles. The van der Waals surface area contributed by atoms with Gasteiger partial charge >= 0.3 is 0 Å². The molecule has 0 unspecified atom stereocenters. The molecule has 3 heteroatoms. The molecule has 82 valence electrons. The quantitative estimate of drug-likeness (QED) is 0.607. The maximum Gasteiger partial charge on any atom is 0.300 e. The van der Waals surface area contributed by atoms with Gasteiger partial charge in [0.2, 0.25) is 0 Å². The molecule has 0 aliphatic carbocycles. The highest BCUT2D eigenvalue weighted by molar-refractivity contribution is 8.12. The summed E-state index contributed by atoms with van der Waals surface area (Å²) in [6.07, 6.45) is 0. The molecule has 0 saturated carbocycles. The minimum atomic E-state index is 0.421. The molecule has 0 aliphatic heterocycles. The van der Waals surface area contributed by atoms with Crippen molar-refractivity contribution in [3.05, 3.63) is 47.5 Å². The SMILES string of the molecule is Cc1ccc(CSC(N)=[NH2+])c2ccccc12. The first-order valence-corrected chi connectivity index (χ1v) is 6.15. The number of aryl methyl sites for hydroxylation is 1. The highest BCUT2D eigenvalue weighted by Crippen LogP contribution is 2.25. The van der Waals surface area contributed by atoms with Gasteiger partial charge in [-0.1, -0.05) is 36.4 Å². The molecule has 0 fully saturated rings. The summed E-state index contributed by atoms with van der Waals surface area (Å²) < 4.78 is 0. The third kappa shape index (κ3) is 2.19. The maximum atomic E-state index is 5.47. The highest BCUT2D eigenvalue weighted by atomic mass is 32.2. The molecular weight excluding hydrogens is 216 g/mol. The lowest BCUT2D eigenvalue weighted by molar-refractivity contribution is -0.110. The Bertz CT molecular complexity index is 534. The van der Waals surface area contributed by atoms with Crippen molar-refractivity contribution in [2.24, 2.45) is 5.73 Å². The Kier molecular flexibility index (Phi) is 3.15. The molecule has 4 N–H and O–H groups in total. The van der Waals surface area contributed by atoms with Gasteiger partial charge in [-0.2, -0.15) is 0 Å². The fraction of sp³-hybridized carbons (Fsp3) is 0.154. The average Bonchev–Trinajstić information content (AvgIpc) is 2.28. The average molecular weight is 231 g/mol. The van der Waals surface area contributed by atoms with E-state index in [2.05, 4.69) is 43.3 Å². The maximum absolute atomic E-state index is 5.47. The van der Waals surface area contributed by atoms with E-state index < -0.39 is 0 Å². The number of rotatable bonds is 2. The molecule has 0 amide bonds. The van der Waals surface area contributed by atoms with Gasteiger partial charge in [-0.05, 0) is 40.6 Å². The Balaban J connectivity index is 2.46. The van der Waals surface area contributed by atoms with E-state index in [-0.39, 0.29) is 0 Å². The summed E-state index contributed by atoms with van der Waals surface area (Å²) in [5.41, 5.74) is 8.05. The summed E-state index contributed by atoms with van der Waals surface area (Å²) in [6, 6.07) is 12.7. The summed E-state index contributed by atoms with van der Waals surface area (Å²) in [7, 11) is 0. The van der Waals surface area contributed by atoms with Crippen molar-refractivity contribution in [2.75, 3.05) is 0 Å². The van der Waals surface area contributed by atoms with E-state index >= 15 is 0 Å². The summed E-state index contributed by atoms with van der Waals surface area (Å²) in [5.74, 6) is 0.823. The van der Waals surface area contributed by atoms with E-state index in [1.165, 1.54) is 33.7 Å². The number of hydrogen-bond acceptors (Lipinski definition) is 1. The van der Waals surface area contributed by atoms with Crippen molar-refractivity contribution < 1.29 is 5.41 Å². The first kappa shape index (κ1) is 11.0. The smallest absolute Gasteiger partial charge is 0.282 e. The number of thioether (sulfide) groups is 1. The molecule has 0 atom stereocenters. The van der Waals surface area contributed by atoms with Crippen LogP contribution in [0.5, 0.6) is 0 Å². The second kappa shape index (κ2) is 4.58. The lowest BCUT2D eigenvalue weighted by Crippen LogP contribution is -2.43. The molecule has 2 nitrogen and oxygen atoms in total. The van der Waals surface area contributed by atoms with Gasteiger partial charge in [0.05, 0.1) is 0 Å². The van der Waals surface area contributed by atoms with E-state index in [4.69, 9.17) is 11.1 Å². The summed E-state index contributed by atoms with van der Waals surface area (Å²) in [6.45, 7) is 2.13. The van der Waals surface area contributed by atoms with Gasteiger partial charge in [0, 0.05) is 5.75 Å². The fourth-order valence-corrected chi connectivity index (χ4v) is 2.37. The number of benzene rings is 2. The lowest BCUT2D eigenvalue weighted by atomic mass is 10.0. The van der Waals surface area contributed by atoms with Crippen molar-refractivity contribution in [2.45, 2.75) is 12.7 Å². The molecule has 2 aromatic rings. The van der Waals surface area contributed by atoms with Crippen LogP contribution in [0.15, 0.2) is 36.4 Å². The molecule has 0 bridgehead atoms. The van der Waals surface area contributed by atoms with Crippen LogP contribution < -0.4 is 11.1 Å². The van der Waals surface area contributed by atoms with Crippen LogP contribution in [0.1, 0.15) is 11.1 Å². The molecule has 0 aliphatic rings. The molecule has 0 spiro atoms. The monoisotopic (exact) mass is 231 g/mol. The van der Waals surface area contributed by atoms with Crippen LogP contribution in [0.25, 0.3) is 10.8 Å². The lowest BCUT2D eigenvalue weighted by Gasteiger charge is -2.07. The van der Waals surface area contributed by atoms with Crippen molar-refractivity contribution in [1.82, 2.24) is 0 Å². The zero-order chi connectivity index (χ0) is 11.5. The Morgan fingerprint density at radius 1 is 1.19 bits per heavy atom. The zero-order valence-corrected chi connectivity index (χ0v) is 10.1. The van der Waals surface area contributed by atoms with Gasteiger partial charge in [0.15, 0.2) is 0 Å². The first-order valence-electron chi connectivity index (χ1n) is 5.16. The van der Waals surface area contributed by atoms with Gasteiger partial charge in [-0.25, -0.2) is 0 Å². The molecule has 0 aromatic heterocycles. The molecule has 2 rings (SSSR count). The van der Waals surface area contributed by atoms with Gasteiger partial charge in [-0.3, -0.25) is 11.1 Å². The minimum absolute atomic E-state index is 0.421. The number of nitrogens with two attached hydrogens (primary N) is 2. The Labute approximate surface area is 99.4 Å². The number of hydrogen-bond donors (Lipinski definition) is 2. The van der Waals surface area contributed by atoms with E-state index in [1.807, 2.05) is 0 Å². The van der Waals surface area contributed by atoms with E-state index in [0.29, 0.717) is 5.17 Å². The predicted molar refractivity (Wildman–Crippen MR) is 71.1 cm³/mol. The number of amidine groups is 1. The van der Waals surface area contributed by atoms with Crippen molar-refractivity contribution in [1.29, 1.82) is 0 Å². The van der Waals surface area contributed by atoms with Gasteiger partial charge in [0.1, 0.15) is 0 Å².